The second-order valence-corrected chi connectivity index (χ2v) is 5.73. The van der Waals surface area contributed by atoms with E-state index in [-0.39, 0.29) is 0 Å². The molecule has 3 rings (SSSR count). The first kappa shape index (κ1) is 13.1. The van der Waals surface area contributed by atoms with Crippen LogP contribution in [0.25, 0.3) is 5.65 Å². The predicted octanol–water partition coefficient (Wildman–Crippen LogP) is -3.38. The highest BCUT2D eigenvalue weighted by Crippen LogP contribution is 2.28. The fourth-order valence-electron chi connectivity index (χ4n) is 3.05. The summed E-state index contributed by atoms with van der Waals surface area (Å²) in [4.78, 5) is 4.48. The van der Waals surface area contributed by atoms with Crippen LogP contribution in [-0.4, -0.2) is 51.2 Å². The molecule has 0 amide bonds. The van der Waals surface area contributed by atoms with Crippen molar-refractivity contribution in [2.45, 2.75) is 18.8 Å². The number of pyridine rings is 1. The van der Waals surface area contributed by atoms with Crippen LogP contribution in [0.1, 0.15) is 24.3 Å². The van der Waals surface area contributed by atoms with Crippen molar-refractivity contribution in [3.05, 3.63) is 10.6 Å². The van der Waals surface area contributed by atoms with Crippen LogP contribution in [0.4, 0.5) is 0 Å². The second-order valence-electron chi connectivity index (χ2n) is 5.36. The summed E-state index contributed by atoms with van der Waals surface area (Å²) in [5.74, 6) is 0.529. The molecule has 0 aliphatic carbocycles. The maximum atomic E-state index is 6.62. The van der Waals surface area contributed by atoms with Crippen molar-refractivity contribution >= 4 is 57.6 Å². The lowest BCUT2D eigenvalue weighted by molar-refractivity contribution is 0.461. The number of hydrogen-bond donors (Lipinski definition) is 1. The van der Waals surface area contributed by atoms with E-state index in [0.29, 0.717) is 5.92 Å². The number of nitrogens with zero attached hydrogens (tertiary/aromatic N) is 3. The smallest absolute Gasteiger partial charge is 0.191 e. The summed E-state index contributed by atoms with van der Waals surface area (Å²) in [6, 6.07) is 0. The Hall–Kier alpha value is -0.935. The summed E-state index contributed by atoms with van der Waals surface area (Å²) < 4.78 is 1.95. The molecule has 1 N–H and O–H groups in total. The van der Waals surface area contributed by atoms with Gasteiger partial charge in [0.05, 0.1) is 0 Å². The average molecular weight is 272 g/mol. The summed E-state index contributed by atoms with van der Waals surface area (Å²) in [6.07, 6.45) is 2.28. The molecule has 0 unspecified atom stereocenters. The molecule has 0 aromatic carbocycles. The third kappa shape index (κ3) is 2.09. The van der Waals surface area contributed by atoms with Crippen molar-refractivity contribution in [3.63, 3.8) is 0 Å². The lowest BCUT2D eigenvalue weighted by Crippen LogP contribution is -2.34. The predicted molar refractivity (Wildman–Crippen MR) is 87.4 cm³/mol. The third-order valence-corrected chi connectivity index (χ3v) is 4.56. The first-order valence-electron chi connectivity index (χ1n) is 6.82. The molecule has 2 aromatic rings. The number of piperidine rings is 1. The molecule has 0 bridgehead atoms. The Balaban J connectivity index is 2.23. The zero-order valence-electron chi connectivity index (χ0n) is 11.6. The van der Waals surface area contributed by atoms with Gasteiger partial charge in [-0.15, -0.1) is 0 Å². The van der Waals surface area contributed by atoms with Gasteiger partial charge in [-0.2, -0.15) is 5.10 Å². The van der Waals surface area contributed by atoms with Gasteiger partial charge in [-0.25, -0.2) is 9.50 Å². The Morgan fingerprint density at radius 3 is 2.58 bits per heavy atom. The Morgan fingerprint density at radius 1 is 1.21 bits per heavy atom. The summed E-state index contributed by atoms with van der Waals surface area (Å²) in [5, 5.41) is 8.78. The summed E-state index contributed by atoms with van der Waals surface area (Å²) >= 11 is 6.62. The minimum absolute atomic E-state index is 0.529. The van der Waals surface area contributed by atoms with Crippen LogP contribution in [0, 0.1) is 0 Å². The molecule has 19 heavy (non-hydrogen) atoms. The van der Waals surface area contributed by atoms with E-state index < -0.39 is 0 Å². The van der Waals surface area contributed by atoms with Gasteiger partial charge < -0.3 is 5.32 Å². The third-order valence-electron chi connectivity index (χ3n) is 4.07. The van der Waals surface area contributed by atoms with Gasteiger partial charge in [-0.1, -0.05) is 11.6 Å². The van der Waals surface area contributed by atoms with Gasteiger partial charge in [0.15, 0.2) is 15.7 Å². The quantitative estimate of drug-likeness (QED) is 0.551. The second kappa shape index (κ2) is 4.87. The molecule has 1 saturated heterocycles. The highest BCUT2D eigenvalue weighted by atomic mass is 35.5. The van der Waals surface area contributed by atoms with Gasteiger partial charge in [-0.05, 0) is 42.9 Å². The van der Waals surface area contributed by atoms with E-state index in [1.54, 1.807) is 0 Å². The van der Waals surface area contributed by atoms with Crippen LogP contribution in [0.2, 0.25) is 5.02 Å². The Bertz CT molecular complexity index is 637. The van der Waals surface area contributed by atoms with Crippen molar-refractivity contribution in [3.8, 4) is 0 Å². The van der Waals surface area contributed by atoms with Gasteiger partial charge in [0.1, 0.15) is 19.2 Å². The van der Waals surface area contributed by atoms with Crippen molar-refractivity contribution in [1.29, 1.82) is 0 Å². The Kier molecular flexibility index (Phi) is 3.35. The van der Waals surface area contributed by atoms with Crippen LogP contribution in [0.15, 0.2) is 0 Å². The molecular weight excluding hydrogens is 256 g/mol. The minimum Gasteiger partial charge on any atom is -0.317 e. The van der Waals surface area contributed by atoms with Crippen molar-refractivity contribution < 1.29 is 0 Å². The Labute approximate surface area is 120 Å². The molecule has 1 aliphatic heterocycles. The standard InChI is InChI=1S/C11H16B3ClN4/c12-7-8(15)6(5-1-3-16-4-2-5)9(13)19-10(7)17-11(14)18-19/h5,16H,1-4,12-14H2. The number of rotatable bonds is 1. The van der Waals surface area contributed by atoms with Crippen LogP contribution in [-0.2, 0) is 0 Å². The lowest BCUT2D eigenvalue weighted by Gasteiger charge is -2.26. The van der Waals surface area contributed by atoms with Crippen molar-refractivity contribution in [2.24, 2.45) is 0 Å². The molecule has 0 spiro atoms. The molecule has 1 aliphatic rings. The molecule has 0 radical (unpaired) electrons. The molecule has 3 heterocycles. The van der Waals surface area contributed by atoms with E-state index in [1.165, 1.54) is 5.56 Å². The highest BCUT2D eigenvalue weighted by Gasteiger charge is 2.23. The molecule has 0 atom stereocenters. The first-order valence-corrected chi connectivity index (χ1v) is 7.20. The minimum atomic E-state index is 0.529. The van der Waals surface area contributed by atoms with Gasteiger partial charge in [0.2, 0.25) is 0 Å². The summed E-state index contributed by atoms with van der Waals surface area (Å²) in [6.45, 7) is 2.13. The fraction of sp³-hybridized carbons (Fsp3) is 0.455. The van der Waals surface area contributed by atoms with Gasteiger partial charge in [0.25, 0.3) is 0 Å². The van der Waals surface area contributed by atoms with E-state index in [0.717, 1.165) is 53.4 Å². The zero-order chi connectivity index (χ0) is 13.6. The lowest BCUT2D eigenvalue weighted by atomic mass is 9.80. The number of halogens is 1. The van der Waals surface area contributed by atoms with Gasteiger partial charge >= 0.3 is 0 Å². The Morgan fingerprint density at radius 2 is 1.89 bits per heavy atom. The largest absolute Gasteiger partial charge is 0.317 e. The zero-order valence-corrected chi connectivity index (χ0v) is 12.4. The van der Waals surface area contributed by atoms with E-state index in [4.69, 9.17) is 11.6 Å². The van der Waals surface area contributed by atoms with Crippen LogP contribution >= 0.6 is 11.6 Å². The van der Waals surface area contributed by atoms with Crippen LogP contribution < -0.4 is 22.1 Å². The van der Waals surface area contributed by atoms with Crippen molar-refractivity contribution in [1.82, 2.24) is 19.9 Å². The van der Waals surface area contributed by atoms with Crippen LogP contribution in [0.5, 0.6) is 0 Å². The van der Waals surface area contributed by atoms with Gasteiger partial charge in [-0.3, -0.25) is 0 Å². The topological polar surface area (TPSA) is 42.2 Å². The van der Waals surface area contributed by atoms with E-state index in [2.05, 4.69) is 23.2 Å². The SMILES string of the molecule is Bc1nc2c(B)c(Cl)c(C3CCNCC3)c(B)n2n1. The van der Waals surface area contributed by atoms with Gasteiger partial charge in [0, 0.05) is 10.6 Å². The number of fused-ring (bicyclic) bond motifs is 1. The molecular formula is C11H16B3ClN4. The highest BCUT2D eigenvalue weighted by molar-refractivity contribution is 6.50. The molecule has 8 heteroatoms. The molecule has 0 saturated carbocycles. The number of hydrogen-bond acceptors (Lipinski definition) is 3. The van der Waals surface area contributed by atoms with E-state index >= 15 is 0 Å². The normalized spacial score (nSPS) is 17.1. The molecule has 4 nitrogen and oxygen atoms in total. The van der Waals surface area contributed by atoms with Crippen LogP contribution in [0.3, 0.4) is 0 Å². The maximum Gasteiger partial charge on any atom is 0.191 e. The molecule has 96 valence electrons. The fourth-order valence-corrected chi connectivity index (χ4v) is 3.43. The number of nitrogens with one attached hydrogen (secondary N) is 1. The van der Waals surface area contributed by atoms with E-state index in [1.807, 2.05) is 20.2 Å². The molecule has 1 fully saturated rings. The van der Waals surface area contributed by atoms with E-state index in [9.17, 15) is 0 Å². The first-order chi connectivity index (χ1) is 9.09. The summed E-state index contributed by atoms with van der Waals surface area (Å²) in [5.41, 5.74) is 5.12. The monoisotopic (exact) mass is 272 g/mol. The number of aromatic nitrogens is 3. The average Bonchev–Trinajstić information content (AvgIpc) is 2.80. The maximum absolute atomic E-state index is 6.62. The summed E-state index contributed by atoms with van der Waals surface area (Å²) in [7, 11) is 6.06. The van der Waals surface area contributed by atoms with Crippen molar-refractivity contribution in [2.75, 3.05) is 13.1 Å². The molecule has 2 aromatic heterocycles.